The van der Waals surface area contributed by atoms with E-state index in [4.69, 9.17) is 0 Å². The molecular weight excluding hydrogens is 285 g/mol. The van der Waals surface area contributed by atoms with Gasteiger partial charge in [-0.05, 0) is 34.5 Å². The molecule has 1 N–H and O–H groups in total. The Hall–Kier alpha value is -0.680. The highest BCUT2D eigenvalue weighted by molar-refractivity contribution is 9.10. The highest BCUT2D eigenvalue weighted by Crippen LogP contribution is 2.18. The number of hydrogen-bond acceptors (Lipinski definition) is 3. The molecule has 1 rings (SSSR count). The molecule has 0 saturated carbocycles. The first-order valence-electron chi connectivity index (χ1n) is 5.73. The molecule has 1 heterocycles. The summed E-state index contributed by atoms with van der Waals surface area (Å²) in [4.78, 5) is 5.88. The smallest absolute Gasteiger partial charge is 0.166 e. The van der Waals surface area contributed by atoms with Crippen LogP contribution in [0.1, 0.15) is 13.8 Å². The minimum absolute atomic E-state index is 0.300. The predicted octanol–water partition coefficient (Wildman–Crippen LogP) is 2.67. The summed E-state index contributed by atoms with van der Waals surface area (Å²) < 4.78 is 14.2. The molecule has 1 aromatic heterocycles. The van der Waals surface area contributed by atoms with Gasteiger partial charge in [-0.3, -0.25) is 0 Å². The van der Waals surface area contributed by atoms with Crippen molar-refractivity contribution < 1.29 is 4.39 Å². The summed E-state index contributed by atoms with van der Waals surface area (Å²) in [7, 11) is 1.84. The standard InChI is InChI=1S/C12H19BrFN3/c1-9(2)7-15-4-5-17(3)12-11(14)6-10(13)8-16-12/h6,8-9,15H,4-5,7H2,1-3H3. The summed E-state index contributed by atoms with van der Waals surface area (Å²) in [5, 5.41) is 3.32. The zero-order valence-electron chi connectivity index (χ0n) is 10.5. The van der Waals surface area contributed by atoms with Gasteiger partial charge in [0.1, 0.15) is 0 Å². The van der Waals surface area contributed by atoms with Gasteiger partial charge in [-0.15, -0.1) is 0 Å². The Morgan fingerprint density at radius 1 is 1.53 bits per heavy atom. The normalized spacial score (nSPS) is 10.9. The van der Waals surface area contributed by atoms with E-state index in [2.05, 4.69) is 40.1 Å². The third-order valence-corrected chi connectivity index (χ3v) is 2.76. The van der Waals surface area contributed by atoms with E-state index >= 15 is 0 Å². The minimum atomic E-state index is -0.300. The number of hydrogen-bond donors (Lipinski definition) is 1. The van der Waals surface area contributed by atoms with E-state index in [0.717, 1.165) is 19.6 Å². The lowest BCUT2D eigenvalue weighted by molar-refractivity contribution is 0.550. The minimum Gasteiger partial charge on any atom is -0.356 e. The number of nitrogens with zero attached hydrogens (tertiary/aromatic N) is 2. The molecule has 0 bridgehead atoms. The van der Waals surface area contributed by atoms with Crippen LogP contribution < -0.4 is 10.2 Å². The summed E-state index contributed by atoms with van der Waals surface area (Å²) in [6, 6.07) is 1.43. The van der Waals surface area contributed by atoms with Crippen LogP contribution >= 0.6 is 15.9 Å². The van der Waals surface area contributed by atoms with Gasteiger partial charge in [-0.1, -0.05) is 13.8 Å². The summed E-state index contributed by atoms with van der Waals surface area (Å²) in [5.74, 6) is 0.716. The number of pyridine rings is 1. The molecule has 0 unspecified atom stereocenters. The molecule has 0 saturated heterocycles. The molecule has 0 radical (unpaired) electrons. The molecule has 0 amide bonds. The van der Waals surface area contributed by atoms with Crippen molar-refractivity contribution in [1.82, 2.24) is 10.3 Å². The molecule has 17 heavy (non-hydrogen) atoms. The van der Waals surface area contributed by atoms with Crippen molar-refractivity contribution in [1.29, 1.82) is 0 Å². The van der Waals surface area contributed by atoms with Gasteiger partial charge in [0.2, 0.25) is 0 Å². The Kier molecular flexibility index (Phi) is 5.85. The largest absolute Gasteiger partial charge is 0.356 e. The third kappa shape index (κ3) is 5.00. The Bertz CT molecular complexity index is 358. The maximum Gasteiger partial charge on any atom is 0.166 e. The van der Waals surface area contributed by atoms with Crippen molar-refractivity contribution in [3.63, 3.8) is 0 Å². The second-order valence-corrected chi connectivity index (χ2v) is 5.39. The predicted molar refractivity (Wildman–Crippen MR) is 72.9 cm³/mol. The fourth-order valence-corrected chi connectivity index (χ4v) is 1.74. The molecular formula is C12H19BrFN3. The van der Waals surface area contributed by atoms with Gasteiger partial charge in [0, 0.05) is 30.8 Å². The van der Waals surface area contributed by atoms with Crippen molar-refractivity contribution >= 4 is 21.7 Å². The summed E-state index contributed by atoms with van der Waals surface area (Å²) in [6.07, 6.45) is 1.61. The van der Waals surface area contributed by atoms with Gasteiger partial charge >= 0.3 is 0 Å². The lowest BCUT2D eigenvalue weighted by Gasteiger charge is -2.19. The molecule has 0 aliphatic rings. The number of aromatic nitrogens is 1. The van der Waals surface area contributed by atoms with E-state index in [-0.39, 0.29) is 5.82 Å². The van der Waals surface area contributed by atoms with Crippen molar-refractivity contribution in [3.05, 3.63) is 22.6 Å². The van der Waals surface area contributed by atoms with E-state index in [0.29, 0.717) is 16.2 Å². The van der Waals surface area contributed by atoms with E-state index in [1.165, 1.54) is 6.07 Å². The average molecular weight is 304 g/mol. The molecule has 96 valence electrons. The Morgan fingerprint density at radius 2 is 2.24 bits per heavy atom. The summed E-state index contributed by atoms with van der Waals surface area (Å²) >= 11 is 3.19. The van der Waals surface area contributed by atoms with Crippen LogP contribution in [0.3, 0.4) is 0 Å². The fourth-order valence-electron chi connectivity index (χ4n) is 1.43. The molecule has 1 aromatic rings. The third-order valence-electron chi connectivity index (χ3n) is 2.33. The van der Waals surface area contributed by atoms with Gasteiger partial charge in [0.25, 0.3) is 0 Å². The molecule has 0 spiro atoms. The summed E-state index contributed by atoms with van der Waals surface area (Å²) in [5.41, 5.74) is 0. The topological polar surface area (TPSA) is 28.2 Å². The van der Waals surface area contributed by atoms with Gasteiger partial charge < -0.3 is 10.2 Å². The van der Waals surface area contributed by atoms with Crippen LogP contribution in [0, 0.1) is 11.7 Å². The fraction of sp³-hybridized carbons (Fsp3) is 0.583. The van der Waals surface area contributed by atoms with E-state index in [9.17, 15) is 4.39 Å². The van der Waals surface area contributed by atoms with Crippen molar-refractivity contribution in [2.45, 2.75) is 13.8 Å². The molecule has 0 aliphatic heterocycles. The first-order chi connectivity index (χ1) is 8.00. The molecule has 0 aliphatic carbocycles. The Balaban J connectivity index is 2.44. The van der Waals surface area contributed by atoms with E-state index in [1.807, 2.05) is 11.9 Å². The first-order valence-corrected chi connectivity index (χ1v) is 6.53. The van der Waals surface area contributed by atoms with Gasteiger partial charge in [0.15, 0.2) is 11.6 Å². The number of halogens is 2. The zero-order valence-corrected chi connectivity index (χ0v) is 12.1. The van der Waals surface area contributed by atoms with Crippen molar-refractivity contribution in [2.75, 3.05) is 31.6 Å². The van der Waals surface area contributed by atoms with Gasteiger partial charge in [-0.25, -0.2) is 9.37 Å². The SMILES string of the molecule is CC(C)CNCCN(C)c1ncc(Br)cc1F. The van der Waals surface area contributed by atoms with Gasteiger partial charge in [-0.2, -0.15) is 0 Å². The van der Waals surface area contributed by atoms with Crippen LogP contribution in [0.4, 0.5) is 10.2 Å². The van der Waals surface area contributed by atoms with Crippen molar-refractivity contribution in [3.8, 4) is 0 Å². The van der Waals surface area contributed by atoms with Crippen LogP contribution in [-0.4, -0.2) is 31.7 Å². The lowest BCUT2D eigenvalue weighted by atomic mass is 10.2. The number of rotatable bonds is 6. The monoisotopic (exact) mass is 303 g/mol. The van der Waals surface area contributed by atoms with Crippen LogP contribution in [0.15, 0.2) is 16.7 Å². The van der Waals surface area contributed by atoms with Crippen LogP contribution in [0.25, 0.3) is 0 Å². The zero-order chi connectivity index (χ0) is 12.8. The Morgan fingerprint density at radius 3 is 2.82 bits per heavy atom. The van der Waals surface area contributed by atoms with Gasteiger partial charge in [0.05, 0.1) is 0 Å². The summed E-state index contributed by atoms with van der Waals surface area (Å²) in [6.45, 7) is 6.85. The lowest BCUT2D eigenvalue weighted by Crippen LogP contribution is -2.31. The number of anilines is 1. The second-order valence-electron chi connectivity index (χ2n) is 4.48. The van der Waals surface area contributed by atoms with Crippen LogP contribution in [0.5, 0.6) is 0 Å². The number of nitrogens with one attached hydrogen (secondary N) is 1. The maximum absolute atomic E-state index is 13.6. The Labute approximate surface area is 111 Å². The van der Waals surface area contributed by atoms with Crippen molar-refractivity contribution in [2.24, 2.45) is 5.92 Å². The van der Waals surface area contributed by atoms with Crippen LogP contribution in [0.2, 0.25) is 0 Å². The maximum atomic E-state index is 13.6. The highest BCUT2D eigenvalue weighted by atomic mass is 79.9. The quantitative estimate of drug-likeness (QED) is 0.819. The van der Waals surface area contributed by atoms with Crippen LogP contribution in [-0.2, 0) is 0 Å². The average Bonchev–Trinajstić information content (AvgIpc) is 2.23. The molecule has 0 aromatic carbocycles. The van der Waals surface area contributed by atoms with E-state index < -0.39 is 0 Å². The molecule has 0 atom stereocenters. The first kappa shape index (κ1) is 14.4. The highest BCUT2D eigenvalue weighted by Gasteiger charge is 2.09. The molecule has 0 fully saturated rings. The van der Waals surface area contributed by atoms with E-state index in [1.54, 1.807) is 6.20 Å². The second kappa shape index (κ2) is 6.91. The molecule has 3 nitrogen and oxygen atoms in total. The molecule has 5 heteroatoms. The number of likely N-dealkylation sites (N-methyl/N-ethyl adjacent to an activating group) is 1.